The number of hydrogen-bond acceptors (Lipinski definition) is 3. The lowest BCUT2D eigenvalue weighted by Crippen LogP contribution is -2.36. The third kappa shape index (κ3) is 5.38. The highest BCUT2D eigenvalue weighted by atomic mass is 16.5. The molecule has 0 radical (unpaired) electrons. The van der Waals surface area contributed by atoms with Crippen LogP contribution in [0.4, 0.5) is 4.79 Å². The molecule has 0 bridgehead atoms. The lowest BCUT2D eigenvalue weighted by Gasteiger charge is -2.10. The minimum Gasteiger partial charge on any atom is -0.496 e. The van der Waals surface area contributed by atoms with Gasteiger partial charge in [-0.05, 0) is 37.5 Å². The van der Waals surface area contributed by atoms with E-state index in [0.29, 0.717) is 19.5 Å². The number of ether oxygens (including phenoxy) is 1. The molecule has 2 N–H and O–H groups in total. The molecule has 0 fully saturated rings. The zero-order chi connectivity index (χ0) is 20.6. The molecule has 6 heteroatoms. The largest absolute Gasteiger partial charge is 0.496 e. The Morgan fingerprint density at radius 3 is 2.52 bits per heavy atom. The Morgan fingerprint density at radius 2 is 1.76 bits per heavy atom. The van der Waals surface area contributed by atoms with Crippen LogP contribution in [0.1, 0.15) is 28.1 Å². The first-order valence-electron chi connectivity index (χ1n) is 9.79. The third-order valence-electron chi connectivity index (χ3n) is 5.00. The number of urea groups is 1. The van der Waals surface area contributed by atoms with Crippen molar-refractivity contribution in [2.75, 3.05) is 13.7 Å². The van der Waals surface area contributed by atoms with Crippen LogP contribution in [0.5, 0.6) is 5.75 Å². The van der Waals surface area contributed by atoms with Crippen molar-refractivity contribution in [3.05, 3.63) is 82.7 Å². The number of benzene rings is 2. The molecule has 2 aromatic carbocycles. The molecule has 0 spiro atoms. The normalized spacial score (nSPS) is 10.6. The van der Waals surface area contributed by atoms with E-state index in [2.05, 4.69) is 27.9 Å². The summed E-state index contributed by atoms with van der Waals surface area (Å²) in [6.07, 6.45) is 0.713. The average molecular weight is 393 g/mol. The quantitative estimate of drug-likeness (QED) is 0.615. The van der Waals surface area contributed by atoms with Crippen molar-refractivity contribution < 1.29 is 9.53 Å². The fraction of sp³-hybridized carbons (Fsp3) is 0.304. The van der Waals surface area contributed by atoms with Crippen LogP contribution < -0.4 is 15.4 Å². The van der Waals surface area contributed by atoms with Gasteiger partial charge in [-0.25, -0.2) is 4.79 Å². The number of carbonyl (C=O) groups is 1. The van der Waals surface area contributed by atoms with Crippen LogP contribution >= 0.6 is 0 Å². The summed E-state index contributed by atoms with van der Waals surface area (Å²) in [6, 6.07) is 17.9. The van der Waals surface area contributed by atoms with Crippen molar-refractivity contribution in [2.45, 2.75) is 33.4 Å². The number of nitrogens with one attached hydrogen (secondary N) is 2. The van der Waals surface area contributed by atoms with E-state index in [1.54, 1.807) is 7.11 Å². The van der Waals surface area contributed by atoms with Gasteiger partial charge in [-0.15, -0.1) is 0 Å². The van der Waals surface area contributed by atoms with E-state index in [0.717, 1.165) is 34.8 Å². The van der Waals surface area contributed by atoms with Gasteiger partial charge < -0.3 is 15.4 Å². The van der Waals surface area contributed by atoms with E-state index in [1.165, 1.54) is 5.56 Å². The summed E-state index contributed by atoms with van der Waals surface area (Å²) in [6.45, 7) is 5.73. The third-order valence-corrected chi connectivity index (χ3v) is 5.00. The highest BCUT2D eigenvalue weighted by Gasteiger charge is 2.13. The van der Waals surface area contributed by atoms with Crippen LogP contribution in [-0.2, 0) is 19.5 Å². The van der Waals surface area contributed by atoms with Crippen LogP contribution in [0.15, 0.2) is 54.6 Å². The highest BCUT2D eigenvalue weighted by Crippen LogP contribution is 2.17. The van der Waals surface area contributed by atoms with Gasteiger partial charge in [0.1, 0.15) is 5.75 Å². The van der Waals surface area contributed by atoms with Crippen molar-refractivity contribution >= 4 is 6.03 Å². The maximum atomic E-state index is 12.2. The molecule has 0 unspecified atom stereocenters. The van der Waals surface area contributed by atoms with Crippen LogP contribution in [-0.4, -0.2) is 29.5 Å². The number of carbonyl (C=O) groups excluding carboxylic acids is 1. The topological polar surface area (TPSA) is 68.2 Å². The summed E-state index contributed by atoms with van der Waals surface area (Å²) in [5.74, 6) is 0.840. The number of aromatic nitrogens is 2. The molecule has 0 aliphatic heterocycles. The molecule has 6 nitrogen and oxygen atoms in total. The number of rotatable bonds is 8. The maximum Gasteiger partial charge on any atom is 0.315 e. The number of hydrogen-bond donors (Lipinski definition) is 2. The number of methoxy groups -OCH3 is 1. The Balaban J connectivity index is 1.51. The van der Waals surface area contributed by atoms with Gasteiger partial charge >= 0.3 is 6.03 Å². The van der Waals surface area contributed by atoms with Crippen LogP contribution in [0, 0.1) is 13.8 Å². The molecule has 0 atom stereocenters. The van der Waals surface area contributed by atoms with Crippen molar-refractivity contribution in [1.29, 1.82) is 0 Å². The second kappa shape index (κ2) is 9.78. The summed E-state index contributed by atoms with van der Waals surface area (Å²) in [5, 5.41) is 10.5. The van der Waals surface area contributed by atoms with E-state index in [9.17, 15) is 4.79 Å². The summed E-state index contributed by atoms with van der Waals surface area (Å²) < 4.78 is 7.33. The van der Waals surface area contributed by atoms with Crippen LogP contribution in [0.25, 0.3) is 0 Å². The second-order valence-corrected chi connectivity index (χ2v) is 6.96. The summed E-state index contributed by atoms with van der Waals surface area (Å²) >= 11 is 0. The molecule has 152 valence electrons. The van der Waals surface area contributed by atoms with Gasteiger partial charge in [0.15, 0.2) is 0 Å². The molecule has 2 amide bonds. The molecule has 3 rings (SSSR count). The van der Waals surface area contributed by atoms with Gasteiger partial charge in [-0.3, -0.25) is 4.68 Å². The lowest BCUT2D eigenvalue weighted by molar-refractivity contribution is 0.240. The van der Waals surface area contributed by atoms with Gasteiger partial charge in [0, 0.05) is 24.3 Å². The summed E-state index contributed by atoms with van der Waals surface area (Å²) in [4.78, 5) is 12.2. The average Bonchev–Trinajstić information content (AvgIpc) is 3.00. The molecule has 0 aliphatic rings. The summed E-state index contributed by atoms with van der Waals surface area (Å²) in [5.41, 5.74) is 5.34. The van der Waals surface area contributed by atoms with Gasteiger partial charge in [0.25, 0.3) is 0 Å². The molecule has 3 aromatic rings. The Morgan fingerprint density at radius 1 is 1.03 bits per heavy atom. The Hall–Kier alpha value is -3.28. The zero-order valence-corrected chi connectivity index (χ0v) is 17.2. The number of aryl methyl sites for hydroxylation is 1. The smallest absolute Gasteiger partial charge is 0.315 e. The maximum absolute atomic E-state index is 12.2. The molecule has 29 heavy (non-hydrogen) atoms. The van der Waals surface area contributed by atoms with E-state index in [-0.39, 0.29) is 6.03 Å². The second-order valence-electron chi connectivity index (χ2n) is 6.96. The monoisotopic (exact) mass is 392 g/mol. The van der Waals surface area contributed by atoms with E-state index in [4.69, 9.17) is 4.74 Å². The minimum absolute atomic E-state index is 0.186. The Labute approximate surface area is 171 Å². The first-order valence-corrected chi connectivity index (χ1v) is 9.79. The molecule has 1 aromatic heterocycles. The van der Waals surface area contributed by atoms with Gasteiger partial charge in [0.05, 0.1) is 19.3 Å². The molecular weight excluding hydrogens is 364 g/mol. The van der Waals surface area contributed by atoms with E-state index < -0.39 is 0 Å². The van der Waals surface area contributed by atoms with Crippen LogP contribution in [0.2, 0.25) is 0 Å². The number of nitrogens with zero attached hydrogens (tertiary/aromatic N) is 2. The summed E-state index contributed by atoms with van der Waals surface area (Å²) in [7, 11) is 1.65. The fourth-order valence-electron chi connectivity index (χ4n) is 3.35. The predicted molar refractivity (Wildman–Crippen MR) is 114 cm³/mol. The van der Waals surface area contributed by atoms with Crippen molar-refractivity contribution in [3.8, 4) is 5.75 Å². The van der Waals surface area contributed by atoms with E-state index in [1.807, 2.05) is 61.0 Å². The molecule has 0 saturated carbocycles. The van der Waals surface area contributed by atoms with Crippen molar-refractivity contribution in [2.24, 2.45) is 0 Å². The van der Waals surface area contributed by atoms with Crippen molar-refractivity contribution in [1.82, 2.24) is 20.4 Å². The molecule has 1 heterocycles. The van der Waals surface area contributed by atoms with Crippen molar-refractivity contribution in [3.63, 3.8) is 0 Å². The molecule has 0 aliphatic carbocycles. The van der Waals surface area contributed by atoms with E-state index >= 15 is 0 Å². The fourth-order valence-corrected chi connectivity index (χ4v) is 3.35. The number of para-hydroxylation sites is 1. The Bertz CT molecular complexity index is 951. The SMILES string of the molecule is COc1ccccc1CCNC(=O)NCc1c(C)nn(Cc2ccccc2)c1C. The zero-order valence-electron chi connectivity index (χ0n) is 17.2. The van der Waals surface area contributed by atoms with Gasteiger partial charge in [-0.2, -0.15) is 5.10 Å². The molecular formula is C23H28N4O2. The van der Waals surface area contributed by atoms with Gasteiger partial charge in [0.2, 0.25) is 0 Å². The first kappa shape index (κ1) is 20.5. The number of amides is 2. The Kier molecular flexibility index (Phi) is 6.89. The lowest BCUT2D eigenvalue weighted by atomic mass is 10.1. The van der Waals surface area contributed by atoms with Gasteiger partial charge in [-0.1, -0.05) is 48.5 Å². The highest BCUT2D eigenvalue weighted by molar-refractivity contribution is 5.73. The minimum atomic E-state index is -0.186. The predicted octanol–water partition coefficient (Wildman–Crippen LogP) is 3.60. The standard InChI is InChI=1S/C23H28N4O2/c1-17-21(18(2)27(26-17)16-19-9-5-4-6-10-19)15-25-23(28)24-14-13-20-11-7-8-12-22(20)29-3/h4-12H,13-16H2,1-3H3,(H2,24,25,28). The van der Waals surface area contributed by atoms with Crippen LogP contribution in [0.3, 0.4) is 0 Å². The molecule has 0 saturated heterocycles. The first-order chi connectivity index (χ1) is 14.1.